The molecule has 1 aromatic heterocycles. The van der Waals surface area contributed by atoms with Gasteiger partial charge in [0.15, 0.2) is 12.4 Å². The topological polar surface area (TPSA) is 3.88 Å². The van der Waals surface area contributed by atoms with Crippen LogP contribution >= 0.6 is 0 Å². The van der Waals surface area contributed by atoms with Crippen LogP contribution < -0.4 is 4.57 Å². The molecule has 0 fully saturated rings. The van der Waals surface area contributed by atoms with Gasteiger partial charge in [0.2, 0.25) is 0 Å². The average Bonchev–Trinajstić information content (AvgIpc) is 2.52. The number of allylic oxidation sites excluding steroid dienone is 2. The van der Waals surface area contributed by atoms with E-state index in [1.54, 1.807) is 0 Å². The van der Waals surface area contributed by atoms with Gasteiger partial charge in [-0.05, 0) is 20.8 Å². The summed E-state index contributed by atoms with van der Waals surface area (Å²) < 4.78 is 2.00. The fourth-order valence-corrected chi connectivity index (χ4v) is 1.02. The van der Waals surface area contributed by atoms with Gasteiger partial charge in [-0.1, -0.05) is 68.0 Å². The van der Waals surface area contributed by atoms with Gasteiger partial charge in [0.25, 0.3) is 0 Å². The van der Waals surface area contributed by atoms with Gasteiger partial charge in [-0.3, -0.25) is 0 Å². The molecule has 1 aromatic carbocycles. The van der Waals surface area contributed by atoms with Crippen molar-refractivity contribution in [1.82, 2.24) is 0 Å². The lowest BCUT2D eigenvalue weighted by Crippen LogP contribution is -2.25. The number of hydrogen-bond donors (Lipinski definition) is 0. The van der Waals surface area contributed by atoms with Crippen LogP contribution in [0.1, 0.15) is 33.3 Å². The van der Waals surface area contributed by atoms with Gasteiger partial charge in [0, 0.05) is 12.1 Å². The highest BCUT2D eigenvalue weighted by Crippen LogP contribution is 1.92. The third-order valence-electron chi connectivity index (χ3n) is 2.14. The first-order valence-corrected chi connectivity index (χ1v) is 7.20. The zero-order valence-electron chi connectivity index (χ0n) is 13.9. The van der Waals surface area contributed by atoms with Crippen molar-refractivity contribution >= 4 is 0 Å². The molecule has 0 aliphatic rings. The summed E-state index contributed by atoms with van der Waals surface area (Å²) in [4.78, 5) is 0. The molecule has 20 heavy (non-hydrogen) atoms. The average molecular weight is 272 g/mol. The number of rotatable bonds is 0. The van der Waals surface area contributed by atoms with E-state index >= 15 is 0 Å². The maximum Gasteiger partial charge on any atom is 0.168 e. The van der Waals surface area contributed by atoms with Gasteiger partial charge in [-0.2, -0.15) is 0 Å². The summed E-state index contributed by atoms with van der Waals surface area (Å²) >= 11 is 0. The van der Waals surface area contributed by atoms with Crippen LogP contribution in [0.15, 0.2) is 73.1 Å². The zero-order chi connectivity index (χ0) is 15.6. The zero-order valence-corrected chi connectivity index (χ0v) is 13.9. The van der Waals surface area contributed by atoms with Crippen LogP contribution in [0.3, 0.4) is 0 Å². The highest BCUT2D eigenvalue weighted by atomic mass is 14.9. The van der Waals surface area contributed by atoms with Crippen molar-refractivity contribution in [1.29, 1.82) is 0 Å². The van der Waals surface area contributed by atoms with Crippen molar-refractivity contribution in [3.05, 3.63) is 78.6 Å². The molecule has 1 nitrogen and oxygen atoms in total. The summed E-state index contributed by atoms with van der Waals surface area (Å²) in [5, 5.41) is 0. The van der Waals surface area contributed by atoms with Crippen molar-refractivity contribution in [3.63, 3.8) is 0 Å². The Morgan fingerprint density at radius 2 is 1.15 bits per heavy atom. The number of pyridine rings is 1. The largest absolute Gasteiger partial charge is 0.208 e. The monoisotopic (exact) mass is 272 g/mol. The lowest BCUT2D eigenvalue weighted by molar-refractivity contribution is -0.671. The van der Waals surface area contributed by atoms with E-state index in [4.69, 9.17) is 0 Å². The van der Waals surface area contributed by atoms with Crippen LogP contribution in [0.2, 0.25) is 0 Å². The smallest absolute Gasteiger partial charge is 0.168 e. The van der Waals surface area contributed by atoms with Gasteiger partial charge in [0.1, 0.15) is 7.05 Å². The Morgan fingerprint density at radius 1 is 0.750 bits per heavy atom. The minimum atomic E-state index is 1.32. The standard InChI is InChI=1S/C7H8.C6H8N.C4H8.C2H6/c2*1-7-5-3-2-4-6-7;1-3-4-2;1-2/h2*2-6H,1H3;3-4H,1-2H3;1-2H3/q;+1;;/b;;4-3+;. The van der Waals surface area contributed by atoms with E-state index in [-0.39, 0.29) is 0 Å². The van der Waals surface area contributed by atoms with Crippen LogP contribution in [-0.4, -0.2) is 0 Å². The van der Waals surface area contributed by atoms with Crippen molar-refractivity contribution in [2.24, 2.45) is 7.05 Å². The first-order chi connectivity index (χ1) is 9.70. The number of aromatic nitrogens is 1. The molecule has 110 valence electrons. The second kappa shape index (κ2) is 17.1. The Balaban J connectivity index is 0. The molecular formula is C19H30N+. The molecular weight excluding hydrogens is 242 g/mol. The van der Waals surface area contributed by atoms with Crippen molar-refractivity contribution < 1.29 is 4.57 Å². The highest BCUT2D eigenvalue weighted by molar-refractivity contribution is 5.11. The molecule has 0 aliphatic carbocycles. The second-order valence-corrected chi connectivity index (χ2v) is 3.86. The Morgan fingerprint density at radius 3 is 1.35 bits per heavy atom. The van der Waals surface area contributed by atoms with Crippen LogP contribution in [0.4, 0.5) is 0 Å². The lowest BCUT2D eigenvalue weighted by atomic mass is 10.2. The lowest BCUT2D eigenvalue weighted by Gasteiger charge is -1.82. The molecule has 0 aliphatic heterocycles. The third-order valence-corrected chi connectivity index (χ3v) is 2.14. The second-order valence-electron chi connectivity index (χ2n) is 3.86. The van der Waals surface area contributed by atoms with Crippen LogP contribution in [0.25, 0.3) is 0 Å². The van der Waals surface area contributed by atoms with Crippen molar-refractivity contribution in [2.45, 2.75) is 34.6 Å². The maximum absolute atomic E-state index is 2.08. The molecule has 0 N–H and O–H groups in total. The summed E-state index contributed by atoms with van der Waals surface area (Å²) in [5.41, 5.74) is 1.32. The van der Waals surface area contributed by atoms with E-state index in [2.05, 4.69) is 19.1 Å². The summed E-state index contributed by atoms with van der Waals surface area (Å²) in [5.74, 6) is 0. The Labute approximate surface area is 125 Å². The predicted molar refractivity (Wildman–Crippen MR) is 90.6 cm³/mol. The van der Waals surface area contributed by atoms with Crippen LogP contribution in [0, 0.1) is 6.92 Å². The molecule has 0 atom stereocenters. The summed E-state index contributed by atoms with van der Waals surface area (Å²) in [6, 6.07) is 16.3. The number of aryl methyl sites for hydroxylation is 2. The molecule has 2 aromatic rings. The Bertz CT molecular complexity index is 363. The van der Waals surface area contributed by atoms with E-state index in [9.17, 15) is 0 Å². The van der Waals surface area contributed by atoms with E-state index < -0.39 is 0 Å². The molecule has 0 radical (unpaired) electrons. The van der Waals surface area contributed by atoms with Gasteiger partial charge >= 0.3 is 0 Å². The fraction of sp³-hybridized carbons (Fsp3) is 0.316. The predicted octanol–water partition coefficient (Wildman–Crippen LogP) is 5.11. The van der Waals surface area contributed by atoms with Crippen molar-refractivity contribution in [3.8, 4) is 0 Å². The number of nitrogens with zero attached hydrogens (tertiary/aromatic N) is 1. The summed E-state index contributed by atoms with van der Waals surface area (Å²) in [6.07, 6.45) is 8.00. The molecule has 0 unspecified atom stereocenters. The molecule has 1 heteroatoms. The van der Waals surface area contributed by atoms with Crippen LogP contribution in [-0.2, 0) is 7.05 Å². The van der Waals surface area contributed by atoms with E-state index in [1.165, 1.54) is 5.56 Å². The van der Waals surface area contributed by atoms with Gasteiger partial charge in [-0.15, -0.1) is 0 Å². The highest BCUT2D eigenvalue weighted by Gasteiger charge is 1.78. The minimum Gasteiger partial charge on any atom is -0.208 e. The molecule has 0 saturated carbocycles. The molecule has 0 spiro atoms. The van der Waals surface area contributed by atoms with Gasteiger partial charge in [0.05, 0.1) is 0 Å². The first-order valence-electron chi connectivity index (χ1n) is 7.20. The first kappa shape index (κ1) is 20.4. The number of benzene rings is 1. The fourth-order valence-electron chi connectivity index (χ4n) is 1.02. The quantitative estimate of drug-likeness (QED) is 0.463. The SMILES string of the molecule is C/C=C/C.CC.C[n+]1ccccc1.Cc1ccccc1. The van der Waals surface area contributed by atoms with E-state index in [1.807, 2.05) is 100 Å². The van der Waals surface area contributed by atoms with Gasteiger partial charge < -0.3 is 0 Å². The van der Waals surface area contributed by atoms with E-state index in [0.717, 1.165) is 0 Å². The Kier molecular flexibility index (Phi) is 17.5. The van der Waals surface area contributed by atoms with Gasteiger partial charge in [-0.25, -0.2) is 4.57 Å². The summed E-state index contributed by atoms with van der Waals surface area (Å²) in [7, 11) is 2.00. The van der Waals surface area contributed by atoms with E-state index in [0.29, 0.717) is 0 Å². The number of hydrogen-bond acceptors (Lipinski definition) is 0. The molecule has 0 saturated heterocycles. The summed E-state index contributed by atoms with van der Waals surface area (Å²) in [6.45, 7) is 10.1. The molecule has 0 bridgehead atoms. The van der Waals surface area contributed by atoms with Crippen molar-refractivity contribution in [2.75, 3.05) is 0 Å². The molecule has 0 amide bonds. The third kappa shape index (κ3) is 16.1. The normalized spacial score (nSPS) is 8.30. The molecule has 2 rings (SSSR count). The Hall–Kier alpha value is -1.89. The maximum atomic E-state index is 2.08. The molecule has 1 heterocycles. The van der Waals surface area contributed by atoms with Crippen LogP contribution in [0.5, 0.6) is 0 Å². The minimum absolute atomic E-state index is 1.32.